The van der Waals surface area contributed by atoms with Crippen molar-refractivity contribution in [1.29, 1.82) is 0 Å². The Bertz CT molecular complexity index is 402. The van der Waals surface area contributed by atoms with Gasteiger partial charge in [0, 0.05) is 5.56 Å². The second-order valence-electron chi connectivity index (χ2n) is 3.85. The van der Waals surface area contributed by atoms with Crippen molar-refractivity contribution < 1.29 is 14.3 Å². The number of cyclic esters (lactones) is 1. The molecule has 2 rings (SSSR count). The molecule has 2 atom stereocenters. The standard InChI is InChI=1S/C12H13NO3/c1-8-10(7-11(14)16-8)13-12(15)9-5-3-2-4-6-9/h2-6,8,10H,7H2,1H3,(H,13,15)/t8-,10-/m1/s1. The minimum Gasteiger partial charge on any atom is -0.460 e. The zero-order chi connectivity index (χ0) is 11.5. The van der Waals surface area contributed by atoms with E-state index in [9.17, 15) is 9.59 Å². The summed E-state index contributed by atoms with van der Waals surface area (Å²) in [5, 5.41) is 2.79. The van der Waals surface area contributed by atoms with Gasteiger partial charge in [-0.15, -0.1) is 0 Å². The molecule has 1 aliphatic rings. The van der Waals surface area contributed by atoms with Gasteiger partial charge in [-0.05, 0) is 19.1 Å². The Morgan fingerprint density at radius 1 is 1.38 bits per heavy atom. The van der Waals surface area contributed by atoms with Gasteiger partial charge in [0.25, 0.3) is 5.91 Å². The van der Waals surface area contributed by atoms with E-state index in [4.69, 9.17) is 4.74 Å². The van der Waals surface area contributed by atoms with E-state index in [0.29, 0.717) is 5.56 Å². The molecule has 0 saturated carbocycles. The fourth-order valence-electron chi connectivity index (χ4n) is 1.69. The Morgan fingerprint density at radius 2 is 2.06 bits per heavy atom. The molecule has 16 heavy (non-hydrogen) atoms. The molecule has 1 aromatic carbocycles. The van der Waals surface area contributed by atoms with Crippen molar-refractivity contribution >= 4 is 11.9 Å². The SMILES string of the molecule is C[C@H]1OC(=O)C[C@H]1NC(=O)c1ccccc1. The number of esters is 1. The zero-order valence-electron chi connectivity index (χ0n) is 8.97. The fraction of sp³-hybridized carbons (Fsp3) is 0.333. The highest BCUT2D eigenvalue weighted by Gasteiger charge is 2.32. The van der Waals surface area contributed by atoms with Crippen molar-refractivity contribution in [2.45, 2.75) is 25.5 Å². The minimum absolute atomic E-state index is 0.171. The number of rotatable bonds is 2. The van der Waals surface area contributed by atoms with Crippen LogP contribution >= 0.6 is 0 Å². The third kappa shape index (κ3) is 2.21. The van der Waals surface area contributed by atoms with Crippen LogP contribution < -0.4 is 5.32 Å². The van der Waals surface area contributed by atoms with Gasteiger partial charge in [0.1, 0.15) is 6.10 Å². The van der Waals surface area contributed by atoms with Crippen LogP contribution in [0.5, 0.6) is 0 Å². The smallest absolute Gasteiger partial charge is 0.308 e. The molecule has 1 amide bonds. The van der Waals surface area contributed by atoms with Crippen molar-refractivity contribution in [3.8, 4) is 0 Å². The zero-order valence-corrected chi connectivity index (χ0v) is 8.97. The first-order valence-electron chi connectivity index (χ1n) is 5.22. The van der Waals surface area contributed by atoms with Crippen LogP contribution in [0.15, 0.2) is 30.3 Å². The Balaban J connectivity index is 2.01. The van der Waals surface area contributed by atoms with E-state index in [-0.39, 0.29) is 30.4 Å². The molecule has 0 radical (unpaired) electrons. The lowest BCUT2D eigenvalue weighted by Crippen LogP contribution is -2.39. The molecule has 4 heteroatoms. The van der Waals surface area contributed by atoms with Crippen molar-refractivity contribution in [2.24, 2.45) is 0 Å². The van der Waals surface area contributed by atoms with Crippen LogP contribution in [-0.2, 0) is 9.53 Å². The number of hydrogen-bond donors (Lipinski definition) is 1. The number of ether oxygens (including phenoxy) is 1. The minimum atomic E-state index is -0.258. The summed E-state index contributed by atoms with van der Waals surface area (Å²) in [5.74, 6) is -0.429. The normalized spacial score (nSPS) is 23.9. The Hall–Kier alpha value is -1.84. The highest BCUT2D eigenvalue weighted by Crippen LogP contribution is 2.14. The van der Waals surface area contributed by atoms with E-state index in [1.165, 1.54) is 0 Å². The summed E-state index contributed by atoms with van der Waals surface area (Å²) < 4.78 is 4.96. The third-order valence-corrected chi connectivity index (χ3v) is 2.62. The first kappa shape index (κ1) is 10.7. The number of nitrogens with one attached hydrogen (secondary N) is 1. The van der Waals surface area contributed by atoms with Gasteiger partial charge >= 0.3 is 5.97 Å². The molecule has 1 N–H and O–H groups in total. The number of benzene rings is 1. The molecule has 4 nitrogen and oxygen atoms in total. The molecular weight excluding hydrogens is 206 g/mol. The highest BCUT2D eigenvalue weighted by molar-refractivity contribution is 5.94. The maximum atomic E-state index is 11.8. The second-order valence-corrected chi connectivity index (χ2v) is 3.85. The van der Waals surface area contributed by atoms with Gasteiger partial charge in [-0.3, -0.25) is 9.59 Å². The fourth-order valence-corrected chi connectivity index (χ4v) is 1.69. The van der Waals surface area contributed by atoms with Crippen LogP contribution in [-0.4, -0.2) is 24.0 Å². The van der Waals surface area contributed by atoms with Crippen molar-refractivity contribution in [3.63, 3.8) is 0 Å². The van der Waals surface area contributed by atoms with E-state index >= 15 is 0 Å². The molecule has 1 fully saturated rings. The van der Waals surface area contributed by atoms with Gasteiger partial charge in [0.2, 0.25) is 0 Å². The quantitative estimate of drug-likeness (QED) is 0.758. The van der Waals surface area contributed by atoms with Gasteiger partial charge < -0.3 is 10.1 Å². The van der Waals surface area contributed by atoms with Crippen molar-refractivity contribution in [2.75, 3.05) is 0 Å². The van der Waals surface area contributed by atoms with Crippen LogP contribution in [0.2, 0.25) is 0 Å². The van der Waals surface area contributed by atoms with Crippen LogP contribution in [0.4, 0.5) is 0 Å². The van der Waals surface area contributed by atoms with Gasteiger partial charge in [-0.2, -0.15) is 0 Å². The van der Waals surface area contributed by atoms with E-state index in [2.05, 4.69) is 5.32 Å². The summed E-state index contributed by atoms with van der Waals surface area (Å²) in [7, 11) is 0. The summed E-state index contributed by atoms with van der Waals surface area (Å²) in [6.45, 7) is 1.78. The Labute approximate surface area is 93.6 Å². The Morgan fingerprint density at radius 3 is 2.62 bits per heavy atom. The molecule has 0 aromatic heterocycles. The molecule has 1 heterocycles. The van der Waals surface area contributed by atoms with Gasteiger partial charge in [-0.1, -0.05) is 18.2 Å². The van der Waals surface area contributed by atoms with Gasteiger partial charge in [0.05, 0.1) is 12.5 Å². The average molecular weight is 219 g/mol. The molecule has 84 valence electrons. The highest BCUT2D eigenvalue weighted by atomic mass is 16.6. The van der Waals surface area contributed by atoms with E-state index in [1.54, 1.807) is 31.2 Å². The summed E-state index contributed by atoms with van der Waals surface area (Å²) in [4.78, 5) is 22.8. The summed E-state index contributed by atoms with van der Waals surface area (Å²) in [6.07, 6.45) is -0.000107. The van der Waals surface area contributed by atoms with Crippen LogP contribution in [0, 0.1) is 0 Å². The predicted octanol–water partition coefficient (Wildman–Crippen LogP) is 1.12. The van der Waals surface area contributed by atoms with Crippen LogP contribution in [0.25, 0.3) is 0 Å². The molecule has 1 aromatic rings. The first-order chi connectivity index (χ1) is 7.66. The van der Waals surface area contributed by atoms with E-state index < -0.39 is 0 Å². The summed E-state index contributed by atoms with van der Waals surface area (Å²) in [5.41, 5.74) is 0.592. The molecule has 0 bridgehead atoms. The average Bonchev–Trinajstić information content (AvgIpc) is 2.59. The molecule has 1 aliphatic heterocycles. The topological polar surface area (TPSA) is 55.4 Å². The molecule has 0 unspecified atom stereocenters. The summed E-state index contributed by atoms with van der Waals surface area (Å²) in [6, 6.07) is 8.69. The Kier molecular flexibility index (Phi) is 2.90. The van der Waals surface area contributed by atoms with Gasteiger partial charge in [0.15, 0.2) is 0 Å². The predicted molar refractivity (Wildman–Crippen MR) is 57.9 cm³/mol. The first-order valence-corrected chi connectivity index (χ1v) is 5.22. The summed E-state index contributed by atoms with van der Waals surface area (Å²) >= 11 is 0. The van der Waals surface area contributed by atoms with E-state index in [1.807, 2.05) is 6.07 Å². The number of hydrogen-bond acceptors (Lipinski definition) is 3. The molecule has 1 saturated heterocycles. The molecule has 0 spiro atoms. The lowest BCUT2D eigenvalue weighted by atomic mass is 10.1. The number of carbonyl (C=O) groups excluding carboxylic acids is 2. The second kappa shape index (κ2) is 4.35. The molecule has 0 aliphatic carbocycles. The number of carbonyl (C=O) groups is 2. The molecular formula is C12H13NO3. The van der Waals surface area contributed by atoms with Crippen LogP contribution in [0.3, 0.4) is 0 Å². The van der Waals surface area contributed by atoms with Crippen molar-refractivity contribution in [1.82, 2.24) is 5.32 Å². The van der Waals surface area contributed by atoms with Gasteiger partial charge in [-0.25, -0.2) is 0 Å². The number of amides is 1. The van der Waals surface area contributed by atoms with E-state index in [0.717, 1.165) is 0 Å². The monoisotopic (exact) mass is 219 g/mol. The maximum Gasteiger partial charge on any atom is 0.308 e. The lowest BCUT2D eigenvalue weighted by molar-refractivity contribution is -0.140. The maximum absolute atomic E-state index is 11.8. The third-order valence-electron chi connectivity index (χ3n) is 2.62. The lowest BCUT2D eigenvalue weighted by Gasteiger charge is -2.14. The van der Waals surface area contributed by atoms with Crippen LogP contribution in [0.1, 0.15) is 23.7 Å². The van der Waals surface area contributed by atoms with Crippen molar-refractivity contribution in [3.05, 3.63) is 35.9 Å². The largest absolute Gasteiger partial charge is 0.460 e.